The van der Waals surface area contributed by atoms with E-state index in [9.17, 15) is 0 Å². The van der Waals surface area contributed by atoms with Crippen molar-refractivity contribution < 1.29 is 0 Å². The highest BCUT2D eigenvalue weighted by Gasteiger charge is 2.38. The zero-order valence-corrected chi connectivity index (χ0v) is 9.52. The fourth-order valence-electron chi connectivity index (χ4n) is 3.03. The summed E-state index contributed by atoms with van der Waals surface area (Å²) in [4.78, 5) is 4.58. The first-order valence-electron chi connectivity index (χ1n) is 6.30. The van der Waals surface area contributed by atoms with Gasteiger partial charge in [-0.3, -0.25) is 16.3 Å². The molecule has 1 aromatic heterocycles. The molecule has 1 fully saturated rings. The number of aryl methyl sites for hydroxylation is 1. The zero-order chi connectivity index (χ0) is 11.0. The van der Waals surface area contributed by atoms with Gasteiger partial charge in [-0.15, -0.1) is 0 Å². The molecule has 0 aromatic carbocycles. The molecule has 3 N–H and O–H groups in total. The predicted octanol–water partition coefficient (Wildman–Crippen LogP) is 1.74. The van der Waals surface area contributed by atoms with E-state index in [1.54, 1.807) is 0 Å². The van der Waals surface area contributed by atoms with E-state index in [4.69, 9.17) is 5.84 Å². The molecule has 0 spiro atoms. The Hall–Kier alpha value is -0.930. The van der Waals surface area contributed by atoms with Gasteiger partial charge in [0.15, 0.2) is 0 Å². The molecule has 1 heterocycles. The van der Waals surface area contributed by atoms with Crippen LogP contribution in [0.15, 0.2) is 18.3 Å². The van der Waals surface area contributed by atoms with Crippen molar-refractivity contribution in [2.75, 3.05) is 0 Å². The van der Waals surface area contributed by atoms with Gasteiger partial charge in [0, 0.05) is 23.9 Å². The number of aromatic nitrogens is 1. The van der Waals surface area contributed by atoms with Crippen molar-refractivity contribution in [3.05, 3.63) is 29.6 Å². The van der Waals surface area contributed by atoms with Crippen LogP contribution in [0.25, 0.3) is 0 Å². The van der Waals surface area contributed by atoms with Gasteiger partial charge < -0.3 is 0 Å². The maximum atomic E-state index is 5.72. The summed E-state index contributed by atoms with van der Waals surface area (Å²) >= 11 is 0. The molecular formula is C13H19N3. The lowest BCUT2D eigenvalue weighted by Gasteiger charge is -2.31. The van der Waals surface area contributed by atoms with Gasteiger partial charge in [-0.2, -0.15) is 0 Å². The molecule has 1 aromatic rings. The fraction of sp³-hybridized carbons (Fsp3) is 0.615. The Morgan fingerprint density at radius 3 is 3.00 bits per heavy atom. The summed E-state index contributed by atoms with van der Waals surface area (Å²) in [6.45, 7) is 0. The second kappa shape index (κ2) is 4.15. The second-order valence-corrected chi connectivity index (χ2v) is 5.08. The fourth-order valence-corrected chi connectivity index (χ4v) is 3.03. The molecule has 0 radical (unpaired) electrons. The van der Waals surface area contributed by atoms with Crippen molar-refractivity contribution in [2.24, 2.45) is 11.8 Å². The standard InChI is InChI=1S/C13H19N3/c14-16-13(10-6-7-10)11-5-1-3-9-4-2-8-15-12(9)11/h2,4,8,10-11,13,16H,1,3,5-7,14H2. The maximum Gasteiger partial charge on any atom is 0.0482 e. The summed E-state index contributed by atoms with van der Waals surface area (Å²) < 4.78 is 0. The zero-order valence-electron chi connectivity index (χ0n) is 9.52. The van der Waals surface area contributed by atoms with E-state index in [1.807, 2.05) is 12.3 Å². The summed E-state index contributed by atoms with van der Waals surface area (Å²) in [6.07, 6.45) is 8.25. The number of hydrazine groups is 1. The van der Waals surface area contributed by atoms with Gasteiger partial charge in [0.05, 0.1) is 0 Å². The van der Waals surface area contributed by atoms with Crippen molar-refractivity contribution in [2.45, 2.75) is 44.1 Å². The molecule has 3 heteroatoms. The predicted molar refractivity (Wildman–Crippen MR) is 63.8 cm³/mol. The molecule has 2 atom stereocenters. The molecule has 0 saturated heterocycles. The van der Waals surface area contributed by atoms with Crippen molar-refractivity contribution in [1.82, 2.24) is 10.4 Å². The van der Waals surface area contributed by atoms with Gasteiger partial charge in [0.2, 0.25) is 0 Å². The Balaban J connectivity index is 1.90. The minimum absolute atomic E-state index is 0.439. The van der Waals surface area contributed by atoms with Crippen molar-refractivity contribution in [3.63, 3.8) is 0 Å². The number of fused-ring (bicyclic) bond motifs is 1. The van der Waals surface area contributed by atoms with Crippen LogP contribution in [-0.2, 0) is 6.42 Å². The van der Waals surface area contributed by atoms with Crippen LogP contribution in [0.5, 0.6) is 0 Å². The van der Waals surface area contributed by atoms with Crippen LogP contribution in [0.1, 0.15) is 42.9 Å². The molecule has 16 heavy (non-hydrogen) atoms. The van der Waals surface area contributed by atoms with Crippen molar-refractivity contribution in [3.8, 4) is 0 Å². The monoisotopic (exact) mass is 217 g/mol. The van der Waals surface area contributed by atoms with E-state index in [1.165, 1.54) is 43.4 Å². The lowest BCUT2D eigenvalue weighted by Crippen LogP contribution is -2.42. The summed E-state index contributed by atoms with van der Waals surface area (Å²) in [7, 11) is 0. The average molecular weight is 217 g/mol. The quantitative estimate of drug-likeness (QED) is 0.599. The second-order valence-electron chi connectivity index (χ2n) is 5.08. The molecule has 86 valence electrons. The van der Waals surface area contributed by atoms with Crippen molar-refractivity contribution >= 4 is 0 Å². The molecule has 3 rings (SSSR count). The molecule has 0 bridgehead atoms. The number of rotatable bonds is 3. The topological polar surface area (TPSA) is 50.9 Å². The first-order valence-corrected chi connectivity index (χ1v) is 6.30. The summed E-state index contributed by atoms with van der Waals surface area (Å²) in [5, 5.41) is 0. The van der Waals surface area contributed by atoms with Gasteiger partial charge in [0.25, 0.3) is 0 Å². The highest BCUT2D eigenvalue weighted by atomic mass is 15.2. The number of nitrogens with one attached hydrogen (secondary N) is 1. The molecular weight excluding hydrogens is 198 g/mol. The SMILES string of the molecule is NNC(C1CC1)C1CCCc2cccnc21. The molecule has 3 nitrogen and oxygen atoms in total. The van der Waals surface area contributed by atoms with Gasteiger partial charge in [-0.25, -0.2) is 0 Å². The lowest BCUT2D eigenvalue weighted by molar-refractivity contribution is 0.357. The highest BCUT2D eigenvalue weighted by Crippen LogP contribution is 2.42. The molecule has 2 unspecified atom stereocenters. The Bertz CT molecular complexity index is 373. The van der Waals surface area contributed by atoms with E-state index in [-0.39, 0.29) is 0 Å². The van der Waals surface area contributed by atoms with Crippen LogP contribution in [0.2, 0.25) is 0 Å². The Kier molecular flexibility index (Phi) is 2.65. The maximum absolute atomic E-state index is 5.72. The van der Waals surface area contributed by atoms with Crippen LogP contribution in [0, 0.1) is 5.92 Å². The summed E-state index contributed by atoms with van der Waals surface area (Å²) in [5.41, 5.74) is 5.76. The van der Waals surface area contributed by atoms with Gasteiger partial charge in [0.1, 0.15) is 0 Å². The summed E-state index contributed by atoms with van der Waals surface area (Å²) in [5.74, 6) is 7.03. The van der Waals surface area contributed by atoms with E-state index >= 15 is 0 Å². The number of pyridine rings is 1. The van der Waals surface area contributed by atoms with Gasteiger partial charge in [-0.1, -0.05) is 6.07 Å². The van der Waals surface area contributed by atoms with Crippen LogP contribution in [0.4, 0.5) is 0 Å². The Morgan fingerprint density at radius 2 is 2.25 bits per heavy atom. The molecule has 0 aliphatic heterocycles. The third-order valence-corrected chi connectivity index (χ3v) is 3.99. The first kappa shape index (κ1) is 10.2. The number of nitrogens with two attached hydrogens (primary N) is 1. The van der Waals surface area contributed by atoms with Gasteiger partial charge >= 0.3 is 0 Å². The lowest BCUT2D eigenvalue weighted by atomic mass is 9.80. The van der Waals surface area contributed by atoms with Crippen LogP contribution in [-0.4, -0.2) is 11.0 Å². The first-order chi connectivity index (χ1) is 7.90. The minimum atomic E-state index is 0.439. The van der Waals surface area contributed by atoms with Crippen LogP contribution < -0.4 is 11.3 Å². The van der Waals surface area contributed by atoms with Crippen LogP contribution >= 0.6 is 0 Å². The normalized spacial score (nSPS) is 26.2. The Labute approximate surface area is 96.4 Å². The smallest absolute Gasteiger partial charge is 0.0482 e. The van der Waals surface area contributed by atoms with Gasteiger partial charge in [-0.05, 0) is 49.7 Å². The number of nitrogens with zero attached hydrogens (tertiary/aromatic N) is 1. The van der Waals surface area contributed by atoms with E-state index in [2.05, 4.69) is 16.5 Å². The molecule has 0 amide bonds. The van der Waals surface area contributed by atoms with Crippen molar-refractivity contribution in [1.29, 1.82) is 0 Å². The Morgan fingerprint density at radius 1 is 1.38 bits per heavy atom. The molecule has 1 saturated carbocycles. The molecule has 2 aliphatic rings. The number of hydrogen-bond acceptors (Lipinski definition) is 3. The highest BCUT2D eigenvalue weighted by molar-refractivity contribution is 5.28. The van der Waals surface area contributed by atoms with E-state index < -0.39 is 0 Å². The minimum Gasteiger partial charge on any atom is -0.271 e. The van der Waals surface area contributed by atoms with Crippen LogP contribution in [0.3, 0.4) is 0 Å². The summed E-state index contributed by atoms with van der Waals surface area (Å²) in [6, 6.07) is 4.70. The molecule has 2 aliphatic carbocycles. The largest absolute Gasteiger partial charge is 0.271 e. The average Bonchev–Trinajstić information content (AvgIpc) is 3.15. The third kappa shape index (κ3) is 1.74. The number of hydrogen-bond donors (Lipinski definition) is 2. The van der Waals surface area contributed by atoms with E-state index in [0.29, 0.717) is 12.0 Å². The van der Waals surface area contributed by atoms with E-state index in [0.717, 1.165) is 5.92 Å². The third-order valence-electron chi connectivity index (χ3n) is 3.99.